The van der Waals surface area contributed by atoms with Crippen LogP contribution in [0.15, 0.2) is 36.4 Å². The second-order valence-electron chi connectivity index (χ2n) is 7.00. The number of aryl methyl sites for hydroxylation is 2. The number of halogens is 2. The minimum atomic E-state index is -0.379. The van der Waals surface area contributed by atoms with Gasteiger partial charge in [-0.25, -0.2) is 8.78 Å². The fourth-order valence-corrected chi connectivity index (χ4v) is 3.37. The molecule has 2 N–H and O–H groups in total. The highest BCUT2D eigenvalue weighted by atomic mass is 19.1. The molecular weight excluding hydrogens is 364 g/mol. The van der Waals surface area contributed by atoms with Crippen molar-refractivity contribution < 1.29 is 18.3 Å². The van der Waals surface area contributed by atoms with Crippen LogP contribution in [-0.4, -0.2) is 28.8 Å². The molecule has 144 valence electrons. The molecule has 2 heterocycles. The second-order valence-corrected chi connectivity index (χ2v) is 7.00. The summed E-state index contributed by atoms with van der Waals surface area (Å²) in [6.07, 6.45) is 0.154. The van der Waals surface area contributed by atoms with Gasteiger partial charge < -0.3 is 10.1 Å². The van der Waals surface area contributed by atoms with E-state index in [1.54, 1.807) is 25.1 Å². The molecule has 0 radical (unpaired) electrons. The number of carbonyl (C=O) groups excluding carboxylic acids is 1. The van der Waals surface area contributed by atoms with Crippen LogP contribution < -0.4 is 10.1 Å². The summed E-state index contributed by atoms with van der Waals surface area (Å²) in [4.78, 5) is 12.2. The molecule has 0 aliphatic carbocycles. The lowest BCUT2D eigenvalue weighted by Crippen LogP contribution is -2.34. The minimum Gasteiger partial charge on any atom is -0.487 e. The number of nitrogens with zero attached hydrogens (tertiary/aromatic N) is 1. The van der Waals surface area contributed by atoms with Gasteiger partial charge in [-0.2, -0.15) is 5.10 Å². The smallest absolute Gasteiger partial charge is 0.271 e. The van der Waals surface area contributed by atoms with Gasteiger partial charge in [0.15, 0.2) is 0 Å². The van der Waals surface area contributed by atoms with E-state index in [1.807, 2.05) is 6.92 Å². The van der Waals surface area contributed by atoms with Crippen LogP contribution >= 0.6 is 0 Å². The molecule has 0 fully saturated rings. The lowest BCUT2D eigenvalue weighted by atomic mass is 9.99. The minimum absolute atomic E-state index is 0.267. The van der Waals surface area contributed by atoms with E-state index in [2.05, 4.69) is 15.5 Å². The molecular formula is C21H19F2N3O2. The predicted molar refractivity (Wildman–Crippen MR) is 100 cm³/mol. The molecule has 5 nitrogen and oxygen atoms in total. The fraction of sp³-hybridized carbons (Fsp3) is 0.238. The number of fused-ring (bicyclic) bond motifs is 1. The Morgan fingerprint density at radius 2 is 2.07 bits per heavy atom. The zero-order chi connectivity index (χ0) is 19.8. The molecule has 28 heavy (non-hydrogen) atoms. The fourth-order valence-electron chi connectivity index (χ4n) is 3.37. The van der Waals surface area contributed by atoms with E-state index in [9.17, 15) is 13.6 Å². The van der Waals surface area contributed by atoms with Crippen molar-refractivity contribution >= 4 is 5.91 Å². The van der Waals surface area contributed by atoms with E-state index in [0.29, 0.717) is 34.6 Å². The Morgan fingerprint density at radius 1 is 1.25 bits per heavy atom. The first-order valence-electron chi connectivity index (χ1n) is 8.96. The molecule has 1 atom stereocenters. The van der Waals surface area contributed by atoms with Crippen LogP contribution in [-0.2, 0) is 6.42 Å². The number of rotatable bonds is 4. The molecule has 1 amide bonds. The number of amides is 1. The van der Waals surface area contributed by atoms with Crippen molar-refractivity contribution in [2.45, 2.75) is 26.4 Å². The topological polar surface area (TPSA) is 67.0 Å². The van der Waals surface area contributed by atoms with Crippen molar-refractivity contribution in [3.05, 3.63) is 70.5 Å². The van der Waals surface area contributed by atoms with Crippen LogP contribution in [0.4, 0.5) is 8.78 Å². The van der Waals surface area contributed by atoms with E-state index in [4.69, 9.17) is 4.74 Å². The summed E-state index contributed by atoms with van der Waals surface area (Å²) >= 11 is 0. The number of ether oxygens (including phenoxy) is 1. The molecule has 3 aromatic rings. The molecule has 1 aliphatic heterocycles. The molecule has 0 unspecified atom stereocenters. The van der Waals surface area contributed by atoms with E-state index < -0.39 is 0 Å². The third kappa shape index (κ3) is 3.47. The highest BCUT2D eigenvalue weighted by molar-refractivity contribution is 5.92. The first-order valence-corrected chi connectivity index (χ1v) is 8.96. The van der Waals surface area contributed by atoms with E-state index >= 15 is 0 Å². The SMILES string of the molecule is Cc1cc(C(=O)NC[C@@H]2Cc3cc(F)cc(-c4ccc(F)c(C)c4)c3O2)n[nH]1. The highest BCUT2D eigenvalue weighted by Gasteiger charge is 2.27. The molecule has 0 bridgehead atoms. The van der Waals surface area contributed by atoms with Gasteiger partial charge in [0.2, 0.25) is 0 Å². The molecule has 0 saturated heterocycles. The summed E-state index contributed by atoms with van der Waals surface area (Å²) < 4.78 is 33.7. The number of hydrogen-bond acceptors (Lipinski definition) is 3. The maximum Gasteiger partial charge on any atom is 0.271 e. The van der Waals surface area contributed by atoms with Crippen molar-refractivity contribution in [3.63, 3.8) is 0 Å². The van der Waals surface area contributed by atoms with Crippen molar-refractivity contribution in [3.8, 4) is 16.9 Å². The average Bonchev–Trinajstić information content (AvgIpc) is 3.27. The van der Waals surface area contributed by atoms with Gasteiger partial charge in [0.25, 0.3) is 5.91 Å². The van der Waals surface area contributed by atoms with Gasteiger partial charge >= 0.3 is 0 Å². The quantitative estimate of drug-likeness (QED) is 0.722. The predicted octanol–water partition coefficient (Wildman–Crippen LogP) is 3.71. The molecule has 1 aromatic heterocycles. The Bertz CT molecular complexity index is 1060. The van der Waals surface area contributed by atoms with Crippen LogP contribution in [0.1, 0.15) is 27.3 Å². The molecule has 0 spiro atoms. The average molecular weight is 383 g/mol. The number of benzene rings is 2. The Hall–Kier alpha value is -3.22. The number of H-pyrrole nitrogens is 1. The summed E-state index contributed by atoms with van der Waals surface area (Å²) in [6, 6.07) is 9.12. The lowest BCUT2D eigenvalue weighted by molar-refractivity contribution is 0.0928. The molecule has 7 heteroatoms. The highest BCUT2D eigenvalue weighted by Crippen LogP contribution is 2.40. The molecule has 2 aromatic carbocycles. The third-order valence-corrected chi connectivity index (χ3v) is 4.76. The maximum absolute atomic E-state index is 14.1. The monoisotopic (exact) mass is 383 g/mol. The van der Waals surface area contributed by atoms with Gasteiger partial charge in [-0.05, 0) is 55.3 Å². The molecule has 0 saturated carbocycles. The number of hydrogen-bond donors (Lipinski definition) is 2. The van der Waals surface area contributed by atoms with Gasteiger partial charge in [-0.3, -0.25) is 9.89 Å². The van der Waals surface area contributed by atoms with Crippen LogP contribution in [0.25, 0.3) is 11.1 Å². The van der Waals surface area contributed by atoms with Crippen molar-refractivity contribution in [1.29, 1.82) is 0 Å². The molecule has 4 rings (SSSR count). The van der Waals surface area contributed by atoms with Crippen LogP contribution in [0.2, 0.25) is 0 Å². The van der Waals surface area contributed by atoms with Crippen LogP contribution in [0, 0.1) is 25.5 Å². The number of aromatic nitrogens is 2. The number of carbonyl (C=O) groups is 1. The third-order valence-electron chi connectivity index (χ3n) is 4.76. The summed E-state index contributed by atoms with van der Waals surface area (Å²) in [5.41, 5.74) is 3.57. The van der Waals surface area contributed by atoms with Gasteiger partial charge in [0.1, 0.15) is 29.2 Å². The van der Waals surface area contributed by atoms with Crippen LogP contribution in [0.5, 0.6) is 5.75 Å². The summed E-state index contributed by atoms with van der Waals surface area (Å²) in [7, 11) is 0. The lowest BCUT2D eigenvalue weighted by Gasteiger charge is -2.14. The summed E-state index contributed by atoms with van der Waals surface area (Å²) in [5, 5.41) is 9.43. The Morgan fingerprint density at radius 3 is 2.79 bits per heavy atom. The zero-order valence-corrected chi connectivity index (χ0v) is 15.5. The summed E-state index contributed by atoms with van der Waals surface area (Å²) in [5.74, 6) is -0.422. The van der Waals surface area contributed by atoms with Gasteiger partial charge in [0.05, 0.1) is 6.54 Å². The van der Waals surface area contributed by atoms with Crippen molar-refractivity contribution in [2.24, 2.45) is 0 Å². The van der Waals surface area contributed by atoms with E-state index in [1.165, 1.54) is 18.2 Å². The largest absolute Gasteiger partial charge is 0.487 e. The van der Waals surface area contributed by atoms with Crippen molar-refractivity contribution in [2.75, 3.05) is 6.54 Å². The van der Waals surface area contributed by atoms with Crippen molar-refractivity contribution in [1.82, 2.24) is 15.5 Å². The van der Waals surface area contributed by atoms with E-state index in [0.717, 1.165) is 11.3 Å². The first kappa shape index (κ1) is 18.2. The summed E-state index contributed by atoms with van der Waals surface area (Å²) in [6.45, 7) is 3.74. The van der Waals surface area contributed by atoms with E-state index in [-0.39, 0.29) is 30.2 Å². The normalized spacial score (nSPS) is 15.2. The zero-order valence-electron chi connectivity index (χ0n) is 15.5. The Balaban J connectivity index is 1.53. The first-order chi connectivity index (χ1) is 13.4. The van der Waals surface area contributed by atoms with Gasteiger partial charge in [-0.15, -0.1) is 0 Å². The van der Waals surface area contributed by atoms with Gasteiger partial charge in [-0.1, -0.05) is 6.07 Å². The number of aromatic amines is 1. The van der Waals surface area contributed by atoms with Crippen LogP contribution in [0.3, 0.4) is 0 Å². The Kier molecular flexibility index (Phi) is 4.58. The van der Waals surface area contributed by atoms with Gasteiger partial charge in [0, 0.05) is 23.2 Å². The Labute approximate surface area is 160 Å². The maximum atomic E-state index is 14.1. The standard InChI is InChI=1S/C21H19F2N3O2/c1-11-5-13(3-4-18(11)23)17-9-15(22)7-14-8-16(28-20(14)17)10-24-21(27)19-6-12(2)25-26-19/h3-7,9,16H,8,10H2,1-2H3,(H,24,27)(H,25,26)/t16-/m0/s1. The second kappa shape index (κ2) is 7.07. The molecule has 1 aliphatic rings. The number of nitrogens with one attached hydrogen (secondary N) is 2.